The van der Waals surface area contributed by atoms with Gasteiger partial charge in [-0.15, -0.1) is 11.3 Å². The summed E-state index contributed by atoms with van der Waals surface area (Å²) in [7, 11) is 0. The Bertz CT molecular complexity index is 676. The molecule has 1 N–H and O–H groups in total. The zero-order chi connectivity index (χ0) is 15.0. The van der Waals surface area contributed by atoms with Crippen molar-refractivity contribution in [2.24, 2.45) is 0 Å². The molecule has 0 fully saturated rings. The maximum Gasteiger partial charge on any atom is 0.224 e. The summed E-state index contributed by atoms with van der Waals surface area (Å²) in [5, 5.41) is 2.98. The minimum Gasteiger partial charge on any atom is -0.326 e. The summed E-state index contributed by atoms with van der Waals surface area (Å²) in [6.45, 7) is 2.11. The molecule has 0 saturated carbocycles. The van der Waals surface area contributed by atoms with Crippen molar-refractivity contribution in [2.75, 3.05) is 5.32 Å². The first kappa shape index (κ1) is 15.3. The molecule has 2 heterocycles. The predicted molar refractivity (Wildman–Crippen MR) is 95.5 cm³/mol. The number of hydrogen-bond donors (Lipinski definition) is 1. The Hall–Kier alpha value is -0.650. The first-order valence-electron chi connectivity index (χ1n) is 6.87. The molecule has 0 bridgehead atoms. The van der Waals surface area contributed by atoms with E-state index in [0.717, 1.165) is 18.5 Å². The maximum atomic E-state index is 11.6. The van der Waals surface area contributed by atoms with Crippen LogP contribution in [0.4, 0.5) is 5.69 Å². The molecule has 110 valence electrons. The molecule has 0 spiro atoms. The van der Waals surface area contributed by atoms with Crippen molar-refractivity contribution in [2.45, 2.75) is 31.0 Å². The molecule has 1 aromatic heterocycles. The van der Waals surface area contributed by atoms with E-state index in [1.54, 1.807) is 11.3 Å². The molecule has 0 aliphatic carbocycles. The second-order valence-electron chi connectivity index (χ2n) is 5.29. The van der Waals surface area contributed by atoms with Crippen LogP contribution in [0.25, 0.3) is 0 Å². The fraction of sp³-hybridized carbons (Fsp3) is 0.312. The highest BCUT2D eigenvalue weighted by Crippen LogP contribution is 2.40. The number of amides is 1. The second-order valence-corrected chi connectivity index (χ2v) is 8.60. The van der Waals surface area contributed by atoms with Crippen molar-refractivity contribution in [3.8, 4) is 0 Å². The van der Waals surface area contributed by atoms with Gasteiger partial charge >= 0.3 is 0 Å². The van der Waals surface area contributed by atoms with E-state index >= 15 is 0 Å². The van der Waals surface area contributed by atoms with Crippen molar-refractivity contribution < 1.29 is 4.79 Å². The van der Waals surface area contributed by atoms with Gasteiger partial charge in [0.15, 0.2) is 0 Å². The number of anilines is 1. The normalized spacial score (nSPS) is 16.0. The summed E-state index contributed by atoms with van der Waals surface area (Å²) in [5.41, 5.74) is 4.69. The van der Waals surface area contributed by atoms with Crippen LogP contribution in [-0.2, 0) is 11.2 Å². The third-order valence-corrected chi connectivity index (χ3v) is 7.20. The van der Waals surface area contributed by atoms with Gasteiger partial charge < -0.3 is 5.32 Å². The number of carbonyl (C=O) groups is 1. The lowest BCUT2D eigenvalue weighted by atomic mass is 10.0. The van der Waals surface area contributed by atoms with Crippen molar-refractivity contribution in [3.63, 3.8) is 0 Å². The van der Waals surface area contributed by atoms with Crippen LogP contribution < -0.4 is 5.32 Å². The number of fused-ring (bicyclic) bond motifs is 1. The van der Waals surface area contributed by atoms with E-state index < -0.39 is 0 Å². The van der Waals surface area contributed by atoms with Crippen LogP contribution in [0.15, 0.2) is 28.1 Å². The number of thiophene rings is 1. The van der Waals surface area contributed by atoms with Crippen LogP contribution in [-0.4, -0.2) is 5.91 Å². The SMILES string of the molecule is Cc1cc(C(Br)c2ccc3c(c2)CCCC(=O)N3)sc1Br. The van der Waals surface area contributed by atoms with Gasteiger partial charge in [0.1, 0.15) is 0 Å². The predicted octanol–water partition coefficient (Wildman–Crippen LogP) is 5.58. The van der Waals surface area contributed by atoms with Crippen LogP contribution in [0.1, 0.15) is 39.2 Å². The topological polar surface area (TPSA) is 29.1 Å². The molecule has 1 aliphatic heterocycles. The van der Waals surface area contributed by atoms with Crippen molar-refractivity contribution in [1.29, 1.82) is 0 Å². The molecule has 2 nitrogen and oxygen atoms in total. The first-order chi connectivity index (χ1) is 10.0. The molecule has 0 saturated heterocycles. The van der Waals surface area contributed by atoms with Gasteiger partial charge in [-0.3, -0.25) is 4.79 Å². The zero-order valence-electron chi connectivity index (χ0n) is 11.6. The molecule has 1 aliphatic rings. The summed E-state index contributed by atoms with van der Waals surface area (Å²) in [6.07, 6.45) is 2.48. The van der Waals surface area contributed by atoms with E-state index in [9.17, 15) is 4.79 Å². The first-order valence-corrected chi connectivity index (χ1v) is 9.39. The summed E-state index contributed by atoms with van der Waals surface area (Å²) in [4.78, 5) is 13.1. The highest BCUT2D eigenvalue weighted by atomic mass is 79.9. The number of halogens is 2. The Morgan fingerprint density at radius 2 is 2.10 bits per heavy atom. The van der Waals surface area contributed by atoms with Crippen LogP contribution in [0.2, 0.25) is 0 Å². The highest BCUT2D eigenvalue weighted by Gasteiger charge is 2.18. The Morgan fingerprint density at radius 1 is 1.29 bits per heavy atom. The molecule has 21 heavy (non-hydrogen) atoms. The van der Waals surface area contributed by atoms with Crippen LogP contribution in [0.5, 0.6) is 0 Å². The third kappa shape index (κ3) is 3.25. The van der Waals surface area contributed by atoms with Gasteiger partial charge in [0.25, 0.3) is 0 Å². The van der Waals surface area contributed by atoms with E-state index in [1.165, 1.54) is 25.4 Å². The van der Waals surface area contributed by atoms with E-state index in [-0.39, 0.29) is 10.7 Å². The number of benzene rings is 1. The fourth-order valence-electron chi connectivity index (χ4n) is 2.52. The highest BCUT2D eigenvalue weighted by molar-refractivity contribution is 9.11. The van der Waals surface area contributed by atoms with Gasteiger partial charge in [-0.05, 0) is 64.5 Å². The van der Waals surface area contributed by atoms with Crippen molar-refractivity contribution >= 4 is 54.8 Å². The van der Waals surface area contributed by atoms with Crippen LogP contribution in [0.3, 0.4) is 0 Å². The summed E-state index contributed by atoms with van der Waals surface area (Å²) >= 11 is 9.15. The fourth-order valence-corrected chi connectivity index (χ4v) is 4.80. The lowest BCUT2D eigenvalue weighted by Crippen LogP contribution is -2.09. The Kier molecular flexibility index (Phi) is 4.52. The Morgan fingerprint density at radius 3 is 2.81 bits per heavy atom. The largest absolute Gasteiger partial charge is 0.326 e. The molecule has 1 atom stereocenters. The lowest BCUT2D eigenvalue weighted by molar-refractivity contribution is -0.116. The molecule has 1 aromatic carbocycles. The van der Waals surface area contributed by atoms with Gasteiger partial charge in [0.05, 0.1) is 8.61 Å². The van der Waals surface area contributed by atoms with Gasteiger partial charge in [-0.2, -0.15) is 0 Å². The maximum absolute atomic E-state index is 11.6. The number of carbonyl (C=O) groups excluding carboxylic acids is 1. The van der Waals surface area contributed by atoms with Crippen molar-refractivity contribution in [1.82, 2.24) is 0 Å². The number of alkyl halides is 1. The van der Waals surface area contributed by atoms with Gasteiger partial charge in [-0.25, -0.2) is 0 Å². The smallest absolute Gasteiger partial charge is 0.224 e. The number of hydrogen-bond acceptors (Lipinski definition) is 2. The zero-order valence-corrected chi connectivity index (χ0v) is 15.6. The molecule has 5 heteroatoms. The average molecular weight is 429 g/mol. The molecule has 2 aromatic rings. The summed E-state index contributed by atoms with van der Waals surface area (Å²) in [6, 6.07) is 8.54. The quantitative estimate of drug-likeness (QED) is 0.621. The molecule has 1 unspecified atom stereocenters. The third-order valence-electron chi connectivity index (χ3n) is 3.67. The van der Waals surface area contributed by atoms with Crippen LogP contribution in [0, 0.1) is 6.92 Å². The van der Waals surface area contributed by atoms with E-state index in [4.69, 9.17) is 0 Å². The van der Waals surface area contributed by atoms with Crippen molar-refractivity contribution in [3.05, 3.63) is 49.6 Å². The number of aryl methyl sites for hydroxylation is 2. The molecule has 1 amide bonds. The Labute approximate surface area is 145 Å². The monoisotopic (exact) mass is 427 g/mol. The number of nitrogens with one attached hydrogen (secondary N) is 1. The Balaban J connectivity index is 1.92. The summed E-state index contributed by atoms with van der Waals surface area (Å²) in [5.74, 6) is 0.120. The number of rotatable bonds is 2. The second kappa shape index (κ2) is 6.23. The molecule has 0 radical (unpaired) electrons. The molecular weight excluding hydrogens is 414 g/mol. The van der Waals surface area contributed by atoms with E-state index in [2.05, 4.69) is 62.3 Å². The summed E-state index contributed by atoms with van der Waals surface area (Å²) < 4.78 is 1.18. The molecule has 3 rings (SSSR count). The minimum atomic E-state index is 0.120. The lowest BCUT2D eigenvalue weighted by Gasteiger charge is -2.13. The minimum absolute atomic E-state index is 0.120. The van der Waals surface area contributed by atoms with Crippen LogP contribution >= 0.6 is 43.2 Å². The van der Waals surface area contributed by atoms with E-state index in [0.29, 0.717) is 6.42 Å². The average Bonchev–Trinajstić information content (AvgIpc) is 2.68. The van der Waals surface area contributed by atoms with Gasteiger partial charge in [0, 0.05) is 17.0 Å². The van der Waals surface area contributed by atoms with Gasteiger partial charge in [0.2, 0.25) is 5.91 Å². The standard InChI is InChI=1S/C16H15Br2NOS/c1-9-7-13(21-16(9)18)15(17)11-5-6-12-10(8-11)3-2-4-14(20)19-12/h5-8,15H,2-4H2,1H3,(H,19,20). The van der Waals surface area contributed by atoms with E-state index in [1.807, 2.05) is 6.07 Å². The van der Waals surface area contributed by atoms with Gasteiger partial charge in [-0.1, -0.05) is 28.1 Å². The molecular formula is C16H15Br2NOS.